The van der Waals surface area contributed by atoms with E-state index < -0.39 is 0 Å². The Morgan fingerprint density at radius 3 is 2.27 bits per heavy atom. The van der Waals surface area contributed by atoms with E-state index in [1.807, 2.05) is 13.8 Å². The van der Waals surface area contributed by atoms with Crippen LogP contribution >= 0.6 is 0 Å². The minimum atomic E-state index is 0.351. The Morgan fingerprint density at radius 2 is 2.00 bits per heavy atom. The van der Waals surface area contributed by atoms with Gasteiger partial charge >= 0.3 is 0 Å². The maximum absolute atomic E-state index is 8.83. The van der Waals surface area contributed by atoms with Crippen LogP contribution < -0.4 is 0 Å². The predicted molar refractivity (Wildman–Crippen MR) is 46.5 cm³/mol. The molecule has 0 aromatic heterocycles. The number of aliphatic hydroxyl groups is 1. The van der Waals surface area contributed by atoms with Crippen molar-refractivity contribution in [3.63, 3.8) is 0 Å². The van der Waals surface area contributed by atoms with Crippen LogP contribution in [0.5, 0.6) is 0 Å². The first-order valence-corrected chi connectivity index (χ1v) is 4.65. The van der Waals surface area contributed by atoms with Gasteiger partial charge in [-0.15, -0.1) is 0 Å². The maximum atomic E-state index is 8.83. The average molecular weight is 157 g/mol. The summed E-state index contributed by atoms with van der Waals surface area (Å²) >= 11 is 0. The molecule has 2 aliphatic rings. The second-order valence-corrected chi connectivity index (χ2v) is 3.30. The van der Waals surface area contributed by atoms with Crippen LogP contribution in [-0.2, 0) is 0 Å². The van der Waals surface area contributed by atoms with Gasteiger partial charge in [0.2, 0.25) is 0 Å². The van der Waals surface area contributed by atoms with E-state index in [1.165, 1.54) is 12.8 Å². The highest BCUT2D eigenvalue weighted by Crippen LogP contribution is 2.46. The molecule has 0 radical (unpaired) electrons. The Labute approximate surface area is 69.2 Å². The van der Waals surface area contributed by atoms with E-state index in [2.05, 4.69) is 11.9 Å². The Kier molecular flexibility index (Phi) is 2.90. The van der Waals surface area contributed by atoms with Gasteiger partial charge in [0.1, 0.15) is 0 Å². The van der Waals surface area contributed by atoms with E-state index in [0.717, 1.165) is 12.0 Å². The smallest absolute Gasteiger partial charge is 0.0586 e. The van der Waals surface area contributed by atoms with Crippen molar-refractivity contribution >= 4 is 0 Å². The number of likely N-dealkylation sites (tertiary alicyclic amines) is 1. The van der Waals surface area contributed by atoms with Crippen LogP contribution in [0.1, 0.15) is 26.7 Å². The van der Waals surface area contributed by atoms with E-state index in [0.29, 0.717) is 12.6 Å². The fourth-order valence-electron chi connectivity index (χ4n) is 1.97. The van der Waals surface area contributed by atoms with Crippen molar-refractivity contribution in [1.82, 2.24) is 4.90 Å². The van der Waals surface area contributed by atoms with Crippen LogP contribution in [0, 0.1) is 5.92 Å². The maximum Gasteiger partial charge on any atom is 0.0586 e. The molecule has 1 aliphatic heterocycles. The molecule has 66 valence electrons. The van der Waals surface area contributed by atoms with Crippen molar-refractivity contribution in [3.8, 4) is 0 Å². The first kappa shape index (κ1) is 9.01. The molecule has 3 atom stereocenters. The lowest BCUT2D eigenvalue weighted by atomic mass is 10.2. The van der Waals surface area contributed by atoms with Crippen LogP contribution in [0.3, 0.4) is 0 Å². The number of hydrogen-bond donors (Lipinski definition) is 1. The number of hydrogen-bond acceptors (Lipinski definition) is 2. The minimum Gasteiger partial charge on any atom is -0.395 e. The Morgan fingerprint density at radius 1 is 1.36 bits per heavy atom. The summed E-state index contributed by atoms with van der Waals surface area (Å²) in [4.78, 5) is 2.32. The highest BCUT2D eigenvalue weighted by Gasteiger charge is 2.49. The minimum absolute atomic E-state index is 0.351. The molecule has 1 saturated heterocycles. The van der Waals surface area contributed by atoms with Gasteiger partial charge < -0.3 is 5.11 Å². The SMILES string of the molecule is CC.CN1C(CO)CC2CC21. The van der Waals surface area contributed by atoms with E-state index in [9.17, 15) is 0 Å². The monoisotopic (exact) mass is 157 g/mol. The molecule has 0 aromatic rings. The first-order valence-electron chi connectivity index (χ1n) is 4.65. The molecule has 11 heavy (non-hydrogen) atoms. The number of nitrogens with zero attached hydrogens (tertiary/aromatic N) is 1. The molecule has 1 heterocycles. The molecule has 0 amide bonds. The zero-order valence-electron chi connectivity index (χ0n) is 7.75. The number of fused-ring (bicyclic) bond motifs is 1. The molecular weight excluding hydrogens is 138 g/mol. The fourth-order valence-corrected chi connectivity index (χ4v) is 1.97. The summed E-state index contributed by atoms with van der Waals surface area (Å²) in [7, 11) is 2.12. The second-order valence-electron chi connectivity index (χ2n) is 3.30. The molecule has 0 aromatic carbocycles. The molecule has 0 bridgehead atoms. The summed E-state index contributed by atoms with van der Waals surface area (Å²) in [5, 5.41) is 8.83. The van der Waals surface area contributed by atoms with Crippen molar-refractivity contribution in [2.75, 3.05) is 13.7 Å². The summed E-state index contributed by atoms with van der Waals surface area (Å²) in [5.74, 6) is 0.937. The van der Waals surface area contributed by atoms with Gasteiger partial charge in [-0.2, -0.15) is 0 Å². The van der Waals surface area contributed by atoms with Crippen LogP contribution in [0.2, 0.25) is 0 Å². The third kappa shape index (κ3) is 1.57. The second kappa shape index (κ2) is 3.55. The van der Waals surface area contributed by atoms with Gasteiger partial charge in [-0.1, -0.05) is 13.8 Å². The Hall–Kier alpha value is -0.0800. The third-order valence-electron chi connectivity index (χ3n) is 2.77. The zero-order valence-corrected chi connectivity index (χ0v) is 7.75. The molecule has 3 unspecified atom stereocenters. The lowest BCUT2D eigenvalue weighted by Gasteiger charge is -2.19. The number of rotatable bonds is 1. The molecule has 2 rings (SSSR count). The van der Waals surface area contributed by atoms with Crippen molar-refractivity contribution in [2.45, 2.75) is 38.8 Å². The Bertz CT molecular complexity index is 127. The third-order valence-corrected chi connectivity index (χ3v) is 2.77. The molecule has 1 N–H and O–H groups in total. The van der Waals surface area contributed by atoms with E-state index >= 15 is 0 Å². The summed E-state index contributed by atoms with van der Waals surface area (Å²) in [6.07, 6.45) is 2.62. The van der Waals surface area contributed by atoms with Gasteiger partial charge in [0, 0.05) is 12.1 Å². The molecule has 2 nitrogen and oxygen atoms in total. The largest absolute Gasteiger partial charge is 0.395 e. The molecule has 2 fully saturated rings. The normalized spacial score (nSPS) is 40.9. The van der Waals surface area contributed by atoms with E-state index in [1.54, 1.807) is 0 Å². The van der Waals surface area contributed by atoms with Gasteiger partial charge in [-0.05, 0) is 25.8 Å². The zero-order chi connectivity index (χ0) is 8.43. The quantitative estimate of drug-likeness (QED) is 0.616. The summed E-state index contributed by atoms with van der Waals surface area (Å²) < 4.78 is 0. The van der Waals surface area contributed by atoms with Crippen molar-refractivity contribution in [2.24, 2.45) is 5.92 Å². The number of aliphatic hydroxyl groups excluding tert-OH is 1. The lowest BCUT2D eigenvalue weighted by Crippen LogP contribution is -2.31. The fraction of sp³-hybridized carbons (Fsp3) is 1.00. The van der Waals surface area contributed by atoms with E-state index in [-0.39, 0.29) is 0 Å². The van der Waals surface area contributed by atoms with Crippen molar-refractivity contribution in [3.05, 3.63) is 0 Å². The van der Waals surface area contributed by atoms with Crippen molar-refractivity contribution in [1.29, 1.82) is 0 Å². The van der Waals surface area contributed by atoms with E-state index in [4.69, 9.17) is 5.11 Å². The van der Waals surface area contributed by atoms with Crippen LogP contribution in [0.25, 0.3) is 0 Å². The lowest BCUT2D eigenvalue weighted by molar-refractivity contribution is 0.162. The topological polar surface area (TPSA) is 23.5 Å². The Balaban J connectivity index is 0.000000281. The van der Waals surface area contributed by atoms with Gasteiger partial charge in [-0.3, -0.25) is 4.90 Å². The summed E-state index contributed by atoms with van der Waals surface area (Å²) in [6, 6.07) is 1.32. The first-order chi connectivity index (χ1) is 5.33. The van der Waals surface area contributed by atoms with Gasteiger partial charge in [0.25, 0.3) is 0 Å². The molecule has 0 spiro atoms. The van der Waals surface area contributed by atoms with Gasteiger partial charge in [0.05, 0.1) is 6.61 Å². The standard InChI is InChI=1S/C7H13NO.C2H6/c1-8-6(4-9)2-5-3-7(5)8;1-2/h5-7,9H,2-4H2,1H3;1-2H3. The number of piperidine rings is 1. The highest BCUT2D eigenvalue weighted by atomic mass is 16.3. The van der Waals surface area contributed by atoms with Crippen LogP contribution in [0.4, 0.5) is 0 Å². The molecule has 2 heteroatoms. The summed E-state index contributed by atoms with van der Waals surface area (Å²) in [6.45, 7) is 4.35. The average Bonchev–Trinajstić information content (AvgIpc) is 2.76. The van der Waals surface area contributed by atoms with Crippen LogP contribution in [0.15, 0.2) is 0 Å². The molecular formula is C9H19NO. The predicted octanol–water partition coefficient (Wildman–Crippen LogP) is 1.10. The number of likely N-dealkylation sites (N-methyl/N-ethyl adjacent to an activating group) is 1. The molecule has 1 aliphatic carbocycles. The van der Waals surface area contributed by atoms with Crippen LogP contribution in [-0.4, -0.2) is 35.7 Å². The van der Waals surface area contributed by atoms with Gasteiger partial charge in [0.15, 0.2) is 0 Å². The highest BCUT2D eigenvalue weighted by molar-refractivity contribution is 5.03. The van der Waals surface area contributed by atoms with Gasteiger partial charge in [-0.25, -0.2) is 0 Å². The van der Waals surface area contributed by atoms with Crippen molar-refractivity contribution < 1.29 is 5.11 Å². The summed E-state index contributed by atoms with van der Waals surface area (Å²) in [5.41, 5.74) is 0. The molecule has 1 saturated carbocycles.